The molecule has 0 aromatic heterocycles. The molecule has 0 spiro atoms. The summed E-state index contributed by atoms with van der Waals surface area (Å²) in [5.74, 6) is -1.14. The van der Waals surface area contributed by atoms with Crippen LogP contribution in [-0.2, 0) is 9.59 Å². The zero-order valence-electron chi connectivity index (χ0n) is 12.5. The molecule has 2 amide bonds. The zero-order valence-corrected chi connectivity index (χ0v) is 12.5. The molecule has 5 heteroatoms. The molecule has 1 saturated carbocycles. The van der Waals surface area contributed by atoms with Crippen molar-refractivity contribution in [2.24, 2.45) is 5.92 Å². The molecule has 0 aliphatic heterocycles. The lowest BCUT2D eigenvalue weighted by atomic mass is 10.1. The highest BCUT2D eigenvalue weighted by Gasteiger charge is 2.29. The second-order valence-corrected chi connectivity index (χ2v) is 5.77. The summed E-state index contributed by atoms with van der Waals surface area (Å²) in [6, 6.07) is 7.31. The van der Waals surface area contributed by atoms with Gasteiger partial charge in [-0.3, -0.25) is 9.59 Å². The van der Waals surface area contributed by atoms with E-state index in [1.54, 1.807) is 13.1 Å². The van der Waals surface area contributed by atoms with E-state index in [2.05, 4.69) is 5.32 Å². The Balaban J connectivity index is 1.90. The summed E-state index contributed by atoms with van der Waals surface area (Å²) in [6.07, 6.45) is 2.30. The Morgan fingerprint density at radius 1 is 1.38 bits per heavy atom. The van der Waals surface area contributed by atoms with Crippen molar-refractivity contribution in [3.05, 3.63) is 29.8 Å². The maximum atomic E-state index is 12.1. The second kappa shape index (κ2) is 6.72. The highest BCUT2D eigenvalue weighted by Crippen LogP contribution is 2.26. The molecule has 1 fully saturated rings. The minimum absolute atomic E-state index is 0.0747. The van der Waals surface area contributed by atoms with Crippen molar-refractivity contribution in [1.82, 2.24) is 4.90 Å². The van der Waals surface area contributed by atoms with Crippen molar-refractivity contribution >= 4 is 17.5 Å². The number of aliphatic hydroxyl groups excluding tert-OH is 1. The molecule has 0 saturated heterocycles. The Bertz CT molecular complexity index is 530. The minimum atomic E-state index is -0.643. The molecular weight excluding hydrogens is 268 g/mol. The fourth-order valence-electron chi connectivity index (χ4n) is 2.75. The van der Waals surface area contributed by atoms with E-state index in [0.29, 0.717) is 12.2 Å². The monoisotopic (exact) mass is 290 g/mol. The maximum absolute atomic E-state index is 12.1. The van der Waals surface area contributed by atoms with E-state index < -0.39 is 11.8 Å². The molecule has 2 N–H and O–H groups in total. The molecule has 1 aromatic carbocycles. The van der Waals surface area contributed by atoms with Gasteiger partial charge < -0.3 is 15.3 Å². The van der Waals surface area contributed by atoms with Gasteiger partial charge in [0.2, 0.25) is 0 Å². The average Bonchev–Trinajstić information content (AvgIpc) is 2.83. The molecule has 1 aliphatic rings. The van der Waals surface area contributed by atoms with Gasteiger partial charge in [0.1, 0.15) is 0 Å². The van der Waals surface area contributed by atoms with Crippen LogP contribution in [0.25, 0.3) is 0 Å². The summed E-state index contributed by atoms with van der Waals surface area (Å²) >= 11 is 0. The molecule has 0 radical (unpaired) electrons. The lowest BCUT2D eigenvalue weighted by molar-refractivity contribution is -0.142. The number of nitrogens with one attached hydrogen (secondary N) is 1. The molecule has 5 nitrogen and oxygen atoms in total. The average molecular weight is 290 g/mol. The van der Waals surface area contributed by atoms with Crippen LogP contribution < -0.4 is 5.32 Å². The standard InChI is InChI=1S/C16H22N2O3/c1-11-5-3-7-13(9-11)17-15(20)16(21)18(2)10-12-6-4-8-14(12)19/h3,5,7,9,12,14,19H,4,6,8,10H2,1-2H3,(H,17,20). The highest BCUT2D eigenvalue weighted by molar-refractivity contribution is 6.39. The fraction of sp³-hybridized carbons (Fsp3) is 0.500. The first-order valence-electron chi connectivity index (χ1n) is 7.28. The summed E-state index contributed by atoms with van der Waals surface area (Å²) in [6.45, 7) is 2.34. The Labute approximate surface area is 125 Å². The number of anilines is 1. The third-order valence-corrected chi connectivity index (χ3v) is 3.94. The number of rotatable bonds is 3. The smallest absolute Gasteiger partial charge is 0.313 e. The van der Waals surface area contributed by atoms with Crippen molar-refractivity contribution in [2.45, 2.75) is 32.3 Å². The summed E-state index contributed by atoms with van der Waals surface area (Å²) in [5.41, 5.74) is 1.63. The van der Waals surface area contributed by atoms with Crippen molar-refractivity contribution in [3.63, 3.8) is 0 Å². The van der Waals surface area contributed by atoms with Crippen LogP contribution in [0.1, 0.15) is 24.8 Å². The van der Waals surface area contributed by atoms with Crippen molar-refractivity contribution in [3.8, 4) is 0 Å². The van der Waals surface area contributed by atoms with Crippen LogP contribution in [0.4, 0.5) is 5.69 Å². The SMILES string of the molecule is Cc1cccc(NC(=O)C(=O)N(C)CC2CCCC2O)c1. The number of amides is 2. The molecule has 1 aliphatic carbocycles. The normalized spacial score (nSPS) is 21.1. The number of aliphatic hydroxyl groups is 1. The molecular formula is C16H22N2O3. The van der Waals surface area contributed by atoms with Crippen molar-refractivity contribution < 1.29 is 14.7 Å². The van der Waals surface area contributed by atoms with Crippen molar-refractivity contribution in [2.75, 3.05) is 18.9 Å². The third kappa shape index (κ3) is 4.04. The van der Waals surface area contributed by atoms with Gasteiger partial charge in [0.25, 0.3) is 0 Å². The molecule has 0 heterocycles. The summed E-state index contributed by atoms with van der Waals surface area (Å²) in [7, 11) is 1.60. The minimum Gasteiger partial charge on any atom is -0.393 e. The van der Waals surface area contributed by atoms with Crippen LogP contribution in [0.3, 0.4) is 0 Å². The van der Waals surface area contributed by atoms with Gasteiger partial charge in [-0.15, -0.1) is 0 Å². The third-order valence-electron chi connectivity index (χ3n) is 3.94. The van der Waals surface area contributed by atoms with E-state index in [-0.39, 0.29) is 12.0 Å². The second-order valence-electron chi connectivity index (χ2n) is 5.77. The van der Waals surface area contributed by atoms with E-state index in [9.17, 15) is 14.7 Å². The van der Waals surface area contributed by atoms with E-state index in [1.165, 1.54) is 4.90 Å². The van der Waals surface area contributed by atoms with Gasteiger partial charge in [-0.05, 0) is 37.5 Å². The number of carbonyl (C=O) groups is 2. The quantitative estimate of drug-likeness (QED) is 0.830. The molecule has 2 rings (SSSR count). The maximum Gasteiger partial charge on any atom is 0.313 e. The summed E-state index contributed by atoms with van der Waals surface area (Å²) < 4.78 is 0. The van der Waals surface area contributed by atoms with Gasteiger partial charge in [-0.1, -0.05) is 18.6 Å². The molecule has 0 bridgehead atoms. The molecule has 2 unspecified atom stereocenters. The van der Waals surface area contributed by atoms with Crippen LogP contribution in [0.15, 0.2) is 24.3 Å². The van der Waals surface area contributed by atoms with Gasteiger partial charge in [0, 0.05) is 25.2 Å². The predicted molar refractivity (Wildman–Crippen MR) is 80.8 cm³/mol. The van der Waals surface area contributed by atoms with E-state index in [4.69, 9.17) is 0 Å². The first kappa shape index (κ1) is 15.5. The van der Waals surface area contributed by atoms with Gasteiger partial charge >= 0.3 is 11.8 Å². The topological polar surface area (TPSA) is 69.6 Å². The van der Waals surface area contributed by atoms with Crippen LogP contribution in [0, 0.1) is 12.8 Å². The lowest BCUT2D eigenvalue weighted by Crippen LogP contribution is -2.40. The Kier molecular flexibility index (Phi) is 4.96. The van der Waals surface area contributed by atoms with E-state index in [1.807, 2.05) is 25.1 Å². The predicted octanol–water partition coefficient (Wildman–Crippen LogP) is 1.55. The van der Waals surface area contributed by atoms with Gasteiger partial charge in [0.05, 0.1) is 6.10 Å². The highest BCUT2D eigenvalue weighted by atomic mass is 16.3. The number of nitrogens with zero attached hydrogens (tertiary/aromatic N) is 1. The van der Waals surface area contributed by atoms with Crippen LogP contribution >= 0.6 is 0 Å². The fourth-order valence-corrected chi connectivity index (χ4v) is 2.75. The number of hydrogen-bond donors (Lipinski definition) is 2. The first-order valence-corrected chi connectivity index (χ1v) is 7.28. The van der Waals surface area contributed by atoms with Crippen LogP contribution in [0.2, 0.25) is 0 Å². The first-order chi connectivity index (χ1) is 9.97. The van der Waals surface area contributed by atoms with Crippen LogP contribution in [-0.4, -0.2) is 41.5 Å². The lowest BCUT2D eigenvalue weighted by Gasteiger charge is -2.22. The number of hydrogen-bond acceptors (Lipinski definition) is 3. The largest absolute Gasteiger partial charge is 0.393 e. The van der Waals surface area contributed by atoms with Crippen LogP contribution in [0.5, 0.6) is 0 Å². The summed E-state index contributed by atoms with van der Waals surface area (Å²) in [5, 5.41) is 12.4. The van der Waals surface area contributed by atoms with E-state index >= 15 is 0 Å². The van der Waals surface area contributed by atoms with Crippen molar-refractivity contribution in [1.29, 1.82) is 0 Å². The number of likely N-dealkylation sites (N-methyl/N-ethyl adjacent to an activating group) is 1. The molecule has 114 valence electrons. The Morgan fingerprint density at radius 3 is 2.76 bits per heavy atom. The van der Waals surface area contributed by atoms with Gasteiger partial charge in [-0.2, -0.15) is 0 Å². The van der Waals surface area contributed by atoms with Gasteiger partial charge in [-0.25, -0.2) is 0 Å². The number of carbonyl (C=O) groups excluding carboxylic acids is 2. The Morgan fingerprint density at radius 2 is 2.14 bits per heavy atom. The Hall–Kier alpha value is -1.88. The van der Waals surface area contributed by atoms with Gasteiger partial charge in [0.15, 0.2) is 0 Å². The number of benzene rings is 1. The molecule has 21 heavy (non-hydrogen) atoms. The number of aryl methyl sites for hydroxylation is 1. The molecule has 1 aromatic rings. The summed E-state index contributed by atoms with van der Waals surface area (Å²) in [4.78, 5) is 25.4. The zero-order chi connectivity index (χ0) is 15.4. The molecule has 2 atom stereocenters. The van der Waals surface area contributed by atoms with E-state index in [0.717, 1.165) is 24.8 Å².